The number of esters is 1. The van der Waals surface area contributed by atoms with Gasteiger partial charge < -0.3 is 4.74 Å². The van der Waals surface area contributed by atoms with Gasteiger partial charge in [-0.3, -0.25) is 9.78 Å². The van der Waals surface area contributed by atoms with E-state index >= 15 is 0 Å². The van der Waals surface area contributed by atoms with Crippen molar-refractivity contribution in [1.82, 2.24) is 10.4 Å². The van der Waals surface area contributed by atoms with Gasteiger partial charge in [-0.25, -0.2) is 10.2 Å². The minimum atomic E-state index is -0.495. The summed E-state index contributed by atoms with van der Waals surface area (Å²) >= 11 is 6.80. The number of aromatic nitrogens is 1. The summed E-state index contributed by atoms with van der Waals surface area (Å²) in [6.45, 7) is 1.90. The number of pyridine rings is 1. The Balaban J connectivity index is 1.81. The Bertz CT molecular complexity index is 1090. The van der Waals surface area contributed by atoms with Crippen LogP contribution in [0.1, 0.15) is 31.8 Å². The maximum atomic E-state index is 12.5. The van der Waals surface area contributed by atoms with E-state index < -0.39 is 11.9 Å². The van der Waals surface area contributed by atoms with E-state index in [9.17, 15) is 9.59 Å². The lowest BCUT2D eigenvalue weighted by Crippen LogP contribution is -2.18. The van der Waals surface area contributed by atoms with Crippen LogP contribution in [0.15, 0.2) is 75.0 Å². The molecule has 3 aromatic rings. The van der Waals surface area contributed by atoms with Gasteiger partial charge in [0.15, 0.2) is 5.75 Å². The molecule has 0 spiro atoms. The van der Waals surface area contributed by atoms with E-state index in [1.165, 1.54) is 12.4 Å². The zero-order valence-electron chi connectivity index (χ0n) is 15.2. The fraction of sp³-hybridized carbons (Fsp3) is 0.0476. The predicted molar refractivity (Wildman–Crippen MR) is 117 cm³/mol. The number of hydrogen-bond acceptors (Lipinski definition) is 5. The maximum Gasteiger partial charge on any atom is 0.343 e. The van der Waals surface area contributed by atoms with E-state index in [1.807, 2.05) is 13.0 Å². The molecule has 3 rings (SSSR count). The van der Waals surface area contributed by atoms with Crippen LogP contribution in [-0.4, -0.2) is 23.1 Å². The van der Waals surface area contributed by atoms with Crippen LogP contribution in [0.2, 0.25) is 0 Å². The first-order chi connectivity index (χ1) is 13.9. The number of carbonyl (C=O) groups excluding carboxylic acids is 2. The predicted octanol–water partition coefficient (Wildman–Crippen LogP) is 4.90. The molecule has 29 heavy (non-hydrogen) atoms. The summed E-state index contributed by atoms with van der Waals surface area (Å²) in [7, 11) is 0. The highest BCUT2D eigenvalue weighted by Gasteiger charge is 2.15. The fourth-order valence-electron chi connectivity index (χ4n) is 2.43. The molecule has 0 unspecified atom stereocenters. The highest BCUT2D eigenvalue weighted by Crippen LogP contribution is 2.32. The van der Waals surface area contributed by atoms with Crippen molar-refractivity contribution in [3.05, 3.63) is 92.1 Å². The zero-order chi connectivity index (χ0) is 20.8. The van der Waals surface area contributed by atoms with E-state index in [-0.39, 0.29) is 0 Å². The zero-order valence-corrected chi connectivity index (χ0v) is 18.4. The van der Waals surface area contributed by atoms with Crippen LogP contribution in [0.5, 0.6) is 5.75 Å². The summed E-state index contributed by atoms with van der Waals surface area (Å²) in [5.74, 6) is -0.605. The van der Waals surface area contributed by atoms with Crippen LogP contribution >= 0.6 is 31.9 Å². The first-order valence-corrected chi connectivity index (χ1v) is 10.0. The number of ether oxygens (including phenoxy) is 1. The fourth-order valence-corrected chi connectivity index (χ4v) is 3.77. The third-order valence-electron chi connectivity index (χ3n) is 3.78. The Kier molecular flexibility index (Phi) is 6.90. The van der Waals surface area contributed by atoms with Gasteiger partial charge in [0.25, 0.3) is 5.91 Å². The Morgan fingerprint density at radius 3 is 2.62 bits per heavy atom. The molecule has 0 radical (unpaired) electrons. The van der Waals surface area contributed by atoms with Gasteiger partial charge in [-0.1, -0.05) is 33.6 Å². The minimum Gasteiger partial charge on any atom is -0.421 e. The molecule has 0 aliphatic heterocycles. The standard InChI is InChI=1S/C21H15Br2N3O3/c1-13-4-2-5-14(8-13)21(28)29-19-16(9-17(22)10-18(19)23)12-25-26-20(27)15-6-3-7-24-11-15/h2-12H,1H3,(H,26,27)/b25-12-. The molecule has 0 atom stereocenters. The molecule has 1 heterocycles. The minimum absolute atomic E-state index is 0.291. The summed E-state index contributed by atoms with van der Waals surface area (Å²) in [4.78, 5) is 28.5. The highest BCUT2D eigenvalue weighted by atomic mass is 79.9. The SMILES string of the molecule is Cc1cccc(C(=O)Oc2c(Br)cc(Br)cc2/C=N\NC(=O)c2cccnc2)c1. The lowest BCUT2D eigenvalue weighted by molar-refractivity contribution is 0.0732. The second-order valence-electron chi connectivity index (χ2n) is 6.01. The summed E-state index contributed by atoms with van der Waals surface area (Å²) in [6.07, 6.45) is 4.42. The van der Waals surface area contributed by atoms with Crippen molar-refractivity contribution < 1.29 is 14.3 Å². The van der Waals surface area contributed by atoms with Crippen molar-refractivity contribution in [2.75, 3.05) is 0 Å². The van der Waals surface area contributed by atoms with Gasteiger partial charge in [0, 0.05) is 22.4 Å². The third-order valence-corrected chi connectivity index (χ3v) is 4.83. The molecule has 1 amide bonds. The second kappa shape index (κ2) is 9.58. The number of nitrogens with one attached hydrogen (secondary N) is 1. The van der Waals surface area contributed by atoms with Gasteiger partial charge in [0.2, 0.25) is 0 Å². The molecule has 0 aliphatic carbocycles. The first-order valence-electron chi connectivity index (χ1n) is 8.45. The Morgan fingerprint density at radius 1 is 1.10 bits per heavy atom. The van der Waals surface area contributed by atoms with Crippen LogP contribution in [0, 0.1) is 6.92 Å². The number of benzene rings is 2. The molecule has 146 valence electrons. The van der Waals surface area contributed by atoms with Crippen LogP contribution in [-0.2, 0) is 0 Å². The third kappa shape index (κ3) is 5.58. The molecule has 2 aromatic carbocycles. The number of nitrogens with zero attached hydrogens (tertiary/aromatic N) is 2. The van der Waals surface area contributed by atoms with Crippen molar-refractivity contribution in [2.45, 2.75) is 6.92 Å². The number of amides is 1. The van der Waals surface area contributed by atoms with Gasteiger partial charge >= 0.3 is 5.97 Å². The molecule has 6 nitrogen and oxygen atoms in total. The molecule has 8 heteroatoms. The molecule has 1 N–H and O–H groups in total. The van der Waals surface area contributed by atoms with Crippen LogP contribution < -0.4 is 10.2 Å². The maximum absolute atomic E-state index is 12.5. The average molecular weight is 517 g/mol. The van der Waals surface area contributed by atoms with Crippen molar-refractivity contribution in [2.24, 2.45) is 5.10 Å². The molecule has 0 aliphatic rings. The van der Waals surface area contributed by atoms with Gasteiger partial charge in [-0.2, -0.15) is 5.10 Å². The molecular weight excluding hydrogens is 502 g/mol. The first kappa shape index (κ1) is 20.9. The number of hydrazone groups is 1. The summed E-state index contributed by atoms with van der Waals surface area (Å²) in [5, 5.41) is 3.97. The Morgan fingerprint density at radius 2 is 1.90 bits per heavy atom. The van der Waals surface area contributed by atoms with Gasteiger partial charge in [-0.15, -0.1) is 0 Å². The van der Waals surface area contributed by atoms with Gasteiger partial charge in [0.05, 0.1) is 21.8 Å². The molecular formula is C21H15Br2N3O3. The van der Waals surface area contributed by atoms with Crippen molar-refractivity contribution >= 4 is 50.0 Å². The summed E-state index contributed by atoms with van der Waals surface area (Å²) in [6, 6.07) is 13.9. The lowest BCUT2D eigenvalue weighted by Gasteiger charge is -2.11. The highest BCUT2D eigenvalue weighted by molar-refractivity contribution is 9.11. The number of carbonyl (C=O) groups is 2. The normalized spacial score (nSPS) is 10.7. The number of hydrogen-bond donors (Lipinski definition) is 1. The van der Waals surface area contributed by atoms with Gasteiger partial charge in [-0.05, 0) is 59.3 Å². The van der Waals surface area contributed by atoms with Crippen LogP contribution in [0.3, 0.4) is 0 Å². The van der Waals surface area contributed by atoms with Gasteiger partial charge in [0.1, 0.15) is 0 Å². The van der Waals surface area contributed by atoms with E-state index in [1.54, 1.807) is 48.7 Å². The largest absolute Gasteiger partial charge is 0.421 e. The number of aryl methyl sites for hydroxylation is 1. The Hall–Kier alpha value is -2.84. The Labute approximate surface area is 184 Å². The second-order valence-corrected chi connectivity index (χ2v) is 7.78. The van der Waals surface area contributed by atoms with Crippen LogP contribution in [0.25, 0.3) is 0 Å². The van der Waals surface area contributed by atoms with E-state index in [0.717, 1.165) is 10.0 Å². The molecule has 0 saturated carbocycles. The number of rotatable bonds is 5. The smallest absolute Gasteiger partial charge is 0.343 e. The van der Waals surface area contributed by atoms with Crippen molar-refractivity contribution in [3.63, 3.8) is 0 Å². The topological polar surface area (TPSA) is 80.6 Å². The molecule has 1 aromatic heterocycles. The van der Waals surface area contributed by atoms with Crippen molar-refractivity contribution in [3.8, 4) is 5.75 Å². The van der Waals surface area contributed by atoms with E-state index in [2.05, 4.69) is 47.4 Å². The lowest BCUT2D eigenvalue weighted by atomic mass is 10.1. The van der Waals surface area contributed by atoms with E-state index in [4.69, 9.17) is 4.74 Å². The number of halogens is 2. The van der Waals surface area contributed by atoms with E-state index in [0.29, 0.717) is 26.9 Å². The molecule has 0 bridgehead atoms. The summed E-state index contributed by atoms with van der Waals surface area (Å²) < 4.78 is 6.91. The molecule has 0 saturated heterocycles. The van der Waals surface area contributed by atoms with Crippen molar-refractivity contribution in [1.29, 1.82) is 0 Å². The molecule has 0 fully saturated rings. The summed E-state index contributed by atoms with van der Waals surface area (Å²) in [5.41, 5.74) is 4.70. The quantitative estimate of drug-likeness (QED) is 0.226. The average Bonchev–Trinajstić information content (AvgIpc) is 2.71. The monoisotopic (exact) mass is 515 g/mol. The van der Waals surface area contributed by atoms with Crippen LogP contribution in [0.4, 0.5) is 0 Å².